The van der Waals surface area contributed by atoms with Crippen molar-refractivity contribution in [1.82, 2.24) is 9.97 Å². The Hall–Kier alpha value is -3.85. The second kappa shape index (κ2) is 8.95. The summed E-state index contributed by atoms with van der Waals surface area (Å²) in [7, 11) is -0.948. The lowest BCUT2D eigenvalue weighted by Crippen LogP contribution is -2.04. The number of hydrogen-bond acceptors (Lipinski definition) is 7. The summed E-state index contributed by atoms with van der Waals surface area (Å²) in [6, 6.07) is 17.3. The summed E-state index contributed by atoms with van der Waals surface area (Å²) in [5.41, 5.74) is 3.49. The van der Waals surface area contributed by atoms with Gasteiger partial charge in [0.05, 0.1) is 30.3 Å². The number of aryl methyl sites for hydroxylation is 2. The van der Waals surface area contributed by atoms with E-state index in [1.807, 2.05) is 19.9 Å². The minimum atomic E-state index is -4.04. The maximum absolute atomic E-state index is 13.1. The molecule has 0 aliphatic heterocycles. The van der Waals surface area contributed by atoms with Crippen molar-refractivity contribution in [3.63, 3.8) is 0 Å². The predicted molar refractivity (Wildman–Crippen MR) is 128 cm³/mol. The van der Waals surface area contributed by atoms with Crippen molar-refractivity contribution in [2.24, 2.45) is 0 Å². The first-order valence-corrected chi connectivity index (χ1v) is 11.6. The fourth-order valence-electron chi connectivity index (χ4n) is 3.22. The number of rotatable bonds is 7. The van der Waals surface area contributed by atoms with E-state index in [1.165, 1.54) is 13.2 Å². The Morgan fingerprint density at radius 2 is 1.58 bits per heavy atom. The molecule has 4 aromatic rings. The number of anilines is 2. The van der Waals surface area contributed by atoms with Gasteiger partial charge in [-0.1, -0.05) is 24.3 Å². The van der Waals surface area contributed by atoms with Crippen molar-refractivity contribution >= 4 is 38.4 Å². The van der Waals surface area contributed by atoms with E-state index < -0.39 is 10.0 Å². The van der Waals surface area contributed by atoms with Crippen molar-refractivity contribution < 1.29 is 17.9 Å². The summed E-state index contributed by atoms with van der Waals surface area (Å²) in [5.74, 6) is 1.23. The van der Waals surface area contributed by atoms with Gasteiger partial charge in [0.1, 0.15) is 17.3 Å². The summed E-state index contributed by atoms with van der Waals surface area (Å²) in [6.45, 7) is 3.77. The molecule has 4 rings (SSSR count). The van der Waals surface area contributed by atoms with Crippen molar-refractivity contribution in [3.8, 4) is 11.5 Å². The maximum Gasteiger partial charge on any atom is 0.202 e. The van der Waals surface area contributed by atoms with Gasteiger partial charge < -0.3 is 24.5 Å². The smallest absolute Gasteiger partial charge is 0.202 e. The highest BCUT2D eigenvalue weighted by molar-refractivity contribution is 7.94. The SMILES string of the molecule is COc1ccc(OC)c(Nc2nc3ccccc3nc2[N-]S(=O)(=O)c2ccc(C)c(C)c2)c1. The fourth-order valence-corrected chi connectivity index (χ4v) is 4.24. The molecule has 0 unspecified atom stereocenters. The van der Waals surface area contributed by atoms with Crippen LogP contribution in [0.3, 0.4) is 0 Å². The van der Waals surface area contributed by atoms with Gasteiger partial charge in [0, 0.05) is 6.07 Å². The van der Waals surface area contributed by atoms with Crippen LogP contribution in [0.4, 0.5) is 17.3 Å². The van der Waals surface area contributed by atoms with Gasteiger partial charge in [0.2, 0.25) is 10.0 Å². The van der Waals surface area contributed by atoms with E-state index in [9.17, 15) is 8.42 Å². The number of benzene rings is 3. The monoisotopic (exact) mass is 463 g/mol. The molecule has 0 spiro atoms. The summed E-state index contributed by atoms with van der Waals surface area (Å²) in [4.78, 5) is 9.15. The molecule has 0 radical (unpaired) electrons. The molecule has 33 heavy (non-hydrogen) atoms. The Morgan fingerprint density at radius 1 is 0.848 bits per heavy atom. The van der Waals surface area contributed by atoms with E-state index in [-0.39, 0.29) is 16.5 Å². The summed E-state index contributed by atoms with van der Waals surface area (Å²) in [6.07, 6.45) is 0. The molecule has 0 fully saturated rings. The highest BCUT2D eigenvalue weighted by atomic mass is 32.2. The minimum Gasteiger partial charge on any atom is -0.497 e. The van der Waals surface area contributed by atoms with Gasteiger partial charge in [0.15, 0.2) is 0 Å². The first kappa shape index (κ1) is 22.3. The molecule has 1 N–H and O–H groups in total. The normalized spacial score (nSPS) is 11.3. The molecule has 0 saturated heterocycles. The van der Waals surface area contributed by atoms with E-state index in [0.717, 1.165) is 11.1 Å². The molecule has 0 amide bonds. The average Bonchev–Trinajstić information content (AvgIpc) is 2.80. The van der Waals surface area contributed by atoms with Gasteiger partial charge in [-0.05, 0) is 66.6 Å². The second-order valence-electron chi connectivity index (χ2n) is 7.39. The fraction of sp³-hybridized carbons (Fsp3) is 0.167. The van der Waals surface area contributed by atoms with E-state index in [1.54, 1.807) is 55.6 Å². The Balaban J connectivity index is 1.81. The number of para-hydroxylation sites is 2. The van der Waals surface area contributed by atoms with Crippen LogP contribution in [0.15, 0.2) is 65.6 Å². The molecule has 0 saturated carbocycles. The van der Waals surface area contributed by atoms with E-state index in [2.05, 4.69) is 20.0 Å². The van der Waals surface area contributed by atoms with Crippen LogP contribution < -0.4 is 14.8 Å². The van der Waals surface area contributed by atoms with Crippen LogP contribution in [0.2, 0.25) is 0 Å². The molecule has 9 heteroatoms. The van der Waals surface area contributed by atoms with E-state index >= 15 is 0 Å². The lowest BCUT2D eigenvalue weighted by molar-refractivity contribution is 0.405. The number of nitrogens with one attached hydrogen (secondary N) is 1. The van der Waals surface area contributed by atoms with Gasteiger partial charge in [-0.15, -0.1) is 0 Å². The summed E-state index contributed by atoms with van der Waals surface area (Å²) < 4.78 is 41.0. The molecule has 0 bridgehead atoms. The van der Waals surface area contributed by atoms with E-state index in [0.29, 0.717) is 28.2 Å². The zero-order valence-corrected chi connectivity index (χ0v) is 19.5. The third kappa shape index (κ3) is 4.68. The molecule has 1 heterocycles. The summed E-state index contributed by atoms with van der Waals surface area (Å²) >= 11 is 0. The van der Waals surface area contributed by atoms with Crippen molar-refractivity contribution in [3.05, 3.63) is 76.5 Å². The predicted octanol–water partition coefficient (Wildman–Crippen LogP) is 5.40. The maximum atomic E-state index is 13.1. The summed E-state index contributed by atoms with van der Waals surface area (Å²) in [5, 5.41) is 3.12. The highest BCUT2D eigenvalue weighted by Crippen LogP contribution is 2.38. The van der Waals surface area contributed by atoms with Crippen molar-refractivity contribution in [1.29, 1.82) is 0 Å². The number of methoxy groups -OCH3 is 2. The third-order valence-electron chi connectivity index (χ3n) is 5.19. The van der Waals surface area contributed by atoms with Gasteiger partial charge in [-0.3, -0.25) is 0 Å². The van der Waals surface area contributed by atoms with Crippen LogP contribution in [-0.2, 0) is 10.0 Å². The van der Waals surface area contributed by atoms with Crippen LogP contribution in [0.25, 0.3) is 15.8 Å². The number of ether oxygens (including phenoxy) is 2. The standard InChI is InChI=1S/C24H23N4O4S/c1-15-9-11-18(13-16(15)2)33(29,30)28-24-23(25-19-7-5-6-8-20(19)26-24)27-21-14-17(31-3)10-12-22(21)32-4/h5-14H,1-4H3,(H-,25,26,27,28)/q-1. The Bertz CT molecular complexity index is 1440. The van der Waals surface area contributed by atoms with Crippen LogP contribution in [0.1, 0.15) is 11.1 Å². The van der Waals surface area contributed by atoms with Crippen LogP contribution >= 0.6 is 0 Å². The highest BCUT2D eigenvalue weighted by Gasteiger charge is 2.15. The minimum absolute atomic E-state index is 0.0585. The quantitative estimate of drug-likeness (QED) is 0.391. The number of nitrogens with zero attached hydrogens (tertiary/aromatic N) is 3. The zero-order chi connectivity index (χ0) is 23.6. The number of hydrogen-bond donors (Lipinski definition) is 1. The molecule has 8 nitrogen and oxygen atoms in total. The topological polar surface area (TPSA) is 105 Å². The molecule has 0 aliphatic rings. The lowest BCUT2D eigenvalue weighted by atomic mass is 10.1. The van der Waals surface area contributed by atoms with Gasteiger partial charge in [-0.25, -0.2) is 13.4 Å². The number of aromatic nitrogens is 2. The molecule has 1 aromatic heterocycles. The van der Waals surface area contributed by atoms with Gasteiger partial charge in [0.25, 0.3) is 0 Å². The van der Waals surface area contributed by atoms with Crippen LogP contribution in [-0.4, -0.2) is 32.6 Å². The Kier molecular flexibility index (Phi) is 6.06. The molecule has 0 atom stereocenters. The van der Waals surface area contributed by atoms with Gasteiger partial charge >= 0.3 is 0 Å². The van der Waals surface area contributed by atoms with Crippen molar-refractivity contribution in [2.45, 2.75) is 18.7 Å². The molecule has 170 valence electrons. The average molecular weight is 464 g/mol. The first-order chi connectivity index (χ1) is 15.8. The number of fused-ring (bicyclic) bond motifs is 1. The van der Waals surface area contributed by atoms with E-state index in [4.69, 9.17) is 9.47 Å². The lowest BCUT2D eigenvalue weighted by Gasteiger charge is -2.22. The first-order valence-electron chi connectivity index (χ1n) is 10.1. The molecular formula is C24H23N4O4S-. The van der Waals surface area contributed by atoms with Crippen LogP contribution in [0, 0.1) is 13.8 Å². The third-order valence-corrected chi connectivity index (χ3v) is 6.46. The second-order valence-corrected chi connectivity index (χ2v) is 8.99. The molecular weight excluding hydrogens is 440 g/mol. The number of sulfonamides is 1. The molecule has 0 aliphatic carbocycles. The zero-order valence-electron chi connectivity index (χ0n) is 18.7. The molecule has 3 aromatic carbocycles. The Labute approximate surface area is 192 Å². The Morgan fingerprint density at radius 3 is 2.24 bits per heavy atom. The largest absolute Gasteiger partial charge is 0.497 e. The van der Waals surface area contributed by atoms with Crippen molar-refractivity contribution in [2.75, 3.05) is 19.5 Å². The van der Waals surface area contributed by atoms with Crippen LogP contribution in [0.5, 0.6) is 11.5 Å². The van der Waals surface area contributed by atoms with Gasteiger partial charge in [-0.2, -0.15) is 0 Å².